The average molecular weight is 435 g/mol. The number of nitrogens with one attached hydrogen (secondary N) is 2. The van der Waals surface area contributed by atoms with E-state index in [1.165, 1.54) is 0 Å². The Labute approximate surface area is 178 Å². The van der Waals surface area contributed by atoms with E-state index in [0.717, 1.165) is 12.1 Å². The Kier molecular flexibility index (Phi) is 6.30. The van der Waals surface area contributed by atoms with Crippen molar-refractivity contribution < 1.29 is 14.3 Å². The van der Waals surface area contributed by atoms with E-state index >= 15 is 0 Å². The molecule has 0 aliphatic carbocycles. The molecule has 1 fully saturated rings. The number of aromatic nitrogens is 1. The van der Waals surface area contributed by atoms with Gasteiger partial charge in [-0.2, -0.15) is 5.10 Å². The van der Waals surface area contributed by atoms with Gasteiger partial charge in [-0.3, -0.25) is 4.79 Å². The fourth-order valence-corrected chi connectivity index (χ4v) is 3.73. The summed E-state index contributed by atoms with van der Waals surface area (Å²) in [5, 5.41) is 8.44. The second kappa shape index (κ2) is 9.09. The smallest absolute Gasteiger partial charge is 0.246 e. The van der Waals surface area contributed by atoms with E-state index in [-0.39, 0.29) is 24.3 Å². The molecule has 9 heteroatoms. The maximum atomic E-state index is 11.5. The zero-order chi connectivity index (χ0) is 20.2. The molecule has 7 nitrogen and oxygen atoms in total. The third-order valence-corrected chi connectivity index (χ3v) is 5.58. The third kappa shape index (κ3) is 4.70. The van der Waals surface area contributed by atoms with Crippen LogP contribution in [0.25, 0.3) is 0 Å². The van der Waals surface area contributed by atoms with Crippen molar-refractivity contribution in [2.75, 3.05) is 26.3 Å². The second-order valence-electron chi connectivity index (χ2n) is 6.87. The number of pyridine rings is 1. The standard InChI is InChI=1S/C20H20Cl2N4O3/c21-15-4-3-12(8-16(15)22)19-13(10-23-6-7-28-19)11-29-20-14(2-1-5-24-20)17-9-18(27)26-25-17/h1-5,8,13,19,23H,6-7,9-11H2,(H,26,27)/t13-,19-/m0/s1. The van der Waals surface area contributed by atoms with Gasteiger partial charge >= 0.3 is 0 Å². The normalized spacial score (nSPS) is 22.0. The molecule has 2 N–H and O–H groups in total. The Bertz CT molecular complexity index is 938. The minimum atomic E-state index is -0.195. The van der Waals surface area contributed by atoms with Crippen molar-refractivity contribution in [3.8, 4) is 5.88 Å². The Balaban J connectivity index is 1.53. The largest absolute Gasteiger partial charge is 0.477 e. The first-order valence-electron chi connectivity index (χ1n) is 9.32. The highest BCUT2D eigenvalue weighted by atomic mass is 35.5. The number of halogens is 2. The van der Waals surface area contributed by atoms with Crippen molar-refractivity contribution in [3.05, 3.63) is 57.7 Å². The molecule has 1 amide bonds. The van der Waals surface area contributed by atoms with Gasteiger partial charge in [0.2, 0.25) is 11.8 Å². The van der Waals surface area contributed by atoms with E-state index in [0.29, 0.717) is 47.0 Å². The highest BCUT2D eigenvalue weighted by molar-refractivity contribution is 6.42. The van der Waals surface area contributed by atoms with Crippen LogP contribution in [0, 0.1) is 5.92 Å². The molecule has 2 aliphatic rings. The molecular formula is C20H20Cl2N4O3. The van der Waals surface area contributed by atoms with Gasteiger partial charge in [0.15, 0.2) is 0 Å². The van der Waals surface area contributed by atoms with E-state index in [2.05, 4.69) is 20.8 Å². The van der Waals surface area contributed by atoms with Crippen molar-refractivity contribution in [1.29, 1.82) is 0 Å². The van der Waals surface area contributed by atoms with Crippen LogP contribution in [0.15, 0.2) is 41.6 Å². The predicted molar refractivity (Wildman–Crippen MR) is 111 cm³/mol. The lowest BCUT2D eigenvalue weighted by atomic mass is 9.96. The van der Waals surface area contributed by atoms with Crippen molar-refractivity contribution in [1.82, 2.24) is 15.7 Å². The highest BCUT2D eigenvalue weighted by Gasteiger charge is 2.28. The molecule has 2 atom stereocenters. The van der Waals surface area contributed by atoms with Crippen LogP contribution >= 0.6 is 23.2 Å². The van der Waals surface area contributed by atoms with Crippen LogP contribution in [-0.4, -0.2) is 42.9 Å². The predicted octanol–water partition coefficient (Wildman–Crippen LogP) is 2.97. The number of amides is 1. The van der Waals surface area contributed by atoms with Gasteiger partial charge in [-0.1, -0.05) is 29.3 Å². The molecule has 2 aliphatic heterocycles. The van der Waals surface area contributed by atoms with Crippen LogP contribution < -0.4 is 15.5 Å². The zero-order valence-corrected chi connectivity index (χ0v) is 17.0. The number of benzene rings is 1. The van der Waals surface area contributed by atoms with Crippen LogP contribution in [0.2, 0.25) is 10.0 Å². The number of hydrogen-bond acceptors (Lipinski definition) is 6. The van der Waals surface area contributed by atoms with E-state index in [4.69, 9.17) is 32.7 Å². The molecule has 29 heavy (non-hydrogen) atoms. The molecule has 1 aromatic heterocycles. The second-order valence-corrected chi connectivity index (χ2v) is 7.68. The van der Waals surface area contributed by atoms with Gasteiger partial charge < -0.3 is 14.8 Å². The molecule has 1 saturated heterocycles. The maximum absolute atomic E-state index is 11.5. The van der Waals surface area contributed by atoms with E-state index in [1.807, 2.05) is 18.2 Å². The molecule has 0 spiro atoms. The SMILES string of the molecule is O=C1CC(c2cccnc2OC[C@@H]2CNCCO[C@H]2c2ccc(Cl)c(Cl)c2)=NN1. The molecule has 2 aromatic rings. The molecule has 152 valence electrons. The third-order valence-electron chi connectivity index (χ3n) is 4.84. The molecule has 0 radical (unpaired) electrons. The van der Waals surface area contributed by atoms with Gasteiger partial charge in [0.05, 0.1) is 47.1 Å². The Morgan fingerprint density at radius 1 is 1.24 bits per heavy atom. The first-order valence-corrected chi connectivity index (χ1v) is 10.1. The van der Waals surface area contributed by atoms with Crippen LogP contribution in [0.5, 0.6) is 5.88 Å². The van der Waals surface area contributed by atoms with E-state index < -0.39 is 0 Å². The average Bonchev–Trinajstić information content (AvgIpc) is 3.02. The fourth-order valence-electron chi connectivity index (χ4n) is 3.42. The van der Waals surface area contributed by atoms with Gasteiger partial charge in [-0.15, -0.1) is 0 Å². The monoisotopic (exact) mass is 434 g/mol. The summed E-state index contributed by atoms with van der Waals surface area (Å²) in [7, 11) is 0. The van der Waals surface area contributed by atoms with Crippen LogP contribution in [0.3, 0.4) is 0 Å². The topological polar surface area (TPSA) is 84.8 Å². The summed E-state index contributed by atoms with van der Waals surface area (Å²) < 4.78 is 12.2. The number of ether oxygens (including phenoxy) is 2. The number of rotatable bonds is 5. The van der Waals surface area contributed by atoms with Gasteiger partial charge in [-0.25, -0.2) is 10.4 Å². The van der Waals surface area contributed by atoms with Crippen molar-refractivity contribution in [3.63, 3.8) is 0 Å². The lowest BCUT2D eigenvalue weighted by molar-refractivity contribution is -0.119. The van der Waals surface area contributed by atoms with Gasteiger partial charge in [0.25, 0.3) is 0 Å². The lowest BCUT2D eigenvalue weighted by Gasteiger charge is -2.25. The lowest BCUT2D eigenvalue weighted by Crippen LogP contribution is -2.29. The summed E-state index contributed by atoms with van der Waals surface area (Å²) in [6.07, 6.45) is 1.67. The quantitative estimate of drug-likeness (QED) is 0.755. The zero-order valence-electron chi connectivity index (χ0n) is 15.5. The maximum Gasteiger partial charge on any atom is 0.246 e. The van der Waals surface area contributed by atoms with Gasteiger partial charge in [0.1, 0.15) is 0 Å². The fraction of sp³-hybridized carbons (Fsp3) is 0.350. The highest BCUT2D eigenvalue weighted by Crippen LogP contribution is 2.32. The van der Waals surface area contributed by atoms with Crippen LogP contribution in [0.4, 0.5) is 0 Å². The van der Waals surface area contributed by atoms with Gasteiger partial charge in [-0.05, 0) is 29.8 Å². The van der Waals surface area contributed by atoms with E-state index in [9.17, 15) is 4.79 Å². The van der Waals surface area contributed by atoms with Crippen molar-refractivity contribution in [2.45, 2.75) is 12.5 Å². The summed E-state index contributed by atoms with van der Waals surface area (Å²) in [5.74, 6) is 0.325. The minimum absolute atomic E-state index is 0.0230. The Morgan fingerprint density at radius 2 is 2.14 bits per heavy atom. The summed E-state index contributed by atoms with van der Waals surface area (Å²) in [6, 6.07) is 9.18. The van der Waals surface area contributed by atoms with Gasteiger partial charge in [0, 0.05) is 25.2 Å². The van der Waals surface area contributed by atoms with E-state index in [1.54, 1.807) is 18.3 Å². The summed E-state index contributed by atoms with van der Waals surface area (Å²) in [4.78, 5) is 15.8. The molecule has 0 saturated carbocycles. The Hall–Kier alpha value is -2.19. The number of carbonyl (C=O) groups excluding carboxylic acids is 1. The first-order chi connectivity index (χ1) is 14.1. The molecule has 0 unspecified atom stereocenters. The summed E-state index contributed by atoms with van der Waals surface area (Å²) in [5.41, 5.74) is 4.74. The molecular weight excluding hydrogens is 415 g/mol. The molecule has 0 bridgehead atoms. The number of carbonyl (C=O) groups is 1. The molecule has 1 aromatic carbocycles. The summed E-state index contributed by atoms with van der Waals surface area (Å²) in [6.45, 7) is 2.43. The minimum Gasteiger partial charge on any atom is -0.477 e. The van der Waals surface area contributed by atoms with Crippen molar-refractivity contribution >= 4 is 34.8 Å². The van der Waals surface area contributed by atoms with Crippen LogP contribution in [0.1, 0.15) is 23.7 Å². The van der Waals surface area contributed by atoms with Crippen molar-refractivity contribution in [2.24, 2.45) is 11.0 Å². The number of hydrazone groups is 1. The van der Waals surface area contributed by atoms with Crippen LogP contribution in [-0.2, 0) is 9.53 Å². The summed E-state index contributed by atoms with van der Waals surface area (Å²) >= 11 is 12.3. The number of nitrogens with zero attached hydrogens (tertiary/aromatic N) is 2. The number of hydrogen-bond donors (Lipinski definition) is 2. The Morgan fingerprint density at radius 3 is 2.93 bits per heavy atom. The molecule has 3 heterocycles. The first kappa shape index (κ1) is 20.1. The molecule has 4 rings (SSSR count).